The number of alkyl halides is 1. The highest BCUT2D eigenvalue weighted by atomic mass is 32.2. The van der Waals surface area contributed by atoms with Crippen molar-refractivity contribution in [3.63, 3.8) is 0 Å². The molecule has 5 rings (SSSR count). The van der Waals surface area contributed by atoms with Crippen LogP contribution in [-0.2, 0) is 42.1 Å². The number of anilines is 1. The summed E-state index contributed by atoms with van der Waals surface area (Å²) in [5, 5.41) is 12.7. The summed E-state index contributed by atoms with van der Waals surface area (Å²) in [6.07, 6.45) is 1.94. The van der Waals surface area contributed by atoms with Gasteiger partial charge >= 0.3 is 6.03 Å². The van der Waals surface area contributed by atoms with Crippen LogP contribution in [0.15, 0.2) is 15.5 Å². The summed E-state index contributed by atoms with van der Waals surface area (Å²) in [5.41, 5.74) is 1.77. The first kappa shape index (κ1) is 20.4. The van der Waals surface area contributed by atoms with E-state index in [1.807, 2.05) is 13.8 Å². The summed E-state index contributed by atoms with van der Waals surface area (Å²) in [7, 11) is -3.65. The zero-order valence-electron chi connectivity index (χ0n) is 17.2. The zero-order valence-corrected chi connectivity index (χ0v) is 18.0. The third-order valence-electron chi connectivity index (χ3n) is 6.00. The van der Waals surface area contributed by atoms with E-state index in [1.165, 1.54) is 10.9 Å². The smallest absolute Gasteiger partial charge is 0.354 e. The van der Waals surface area contributed by atoms with Crippen molar-refractivity contribution < 1.29 is 22.5 Å². The molecule has 1 unspecified atom stereocenters. The largest absolute Gasteiger partial charge is 0.469 e. The standard InChI is InChI=1S/C20H23F2N5O3S/c1-20(2)9-27-18(30-20)15(8-24-27)31(23,29)26-19(28)25-17-12-5-3-4-11(12)16(22)13-6-10(21)7-14(13)17/h8,10H,3-7,9H2,1-2H3,(H3,23,25,26,28,29)/t10-,31?/m0/s1. The summed E-state index contributed by atoms with van der Waals surface area (Å²) >= 11 is 0. The SMILES string of the molecule is CC1(C)Cn2ncc(S(N)(=O)=NC(=O)Nc3c4c(c(F)c5c3C[C@@H](F)C5)CCC4)c2O1. The van der Waals surface area contributed by atoms with E-state index in [2.05, 4.69) is 14.8 Å². The van der Waals surface area contributed by atoms with Crippen LogP contribution >= 0.6 is 0 Å². The lowest BCUT2D eigenvalue weighted by Gasteiger charge is -2.17. The highest BCUT2D eigenvalue weighted by molar-refractivity contribution is 7.91. The van der Waals surface area contributed by atoms with Crippen molar-refractivity contribution in [2.45, 2.75) is 69.2 Å². The van der Waals surface area contributed by atoms with Crippen LogP contribution < -0.4 is 15.2 Å². The Morgan fingerprint density at radius 2 is 2.03 bits per heavy atom. The van der Waals surface area contributed by atoms with Crippen molar-refractivity contribution in [2.24, 2.45) is 9.50 Å². The predicted molar refractivity (Wildman–Crippen MR) is 110 cm³/mol. The number of ether oxygens (including phenoxy) is 1. The van der Waals surface area contributed by atoms with Gasteiger partial charge in [-0.2, -0.15) is 5.10 Å². The number of hydrogen-bond donors (Lipinski definition) is 2. The average molecular weight is 451 g/mol. The van der Waals surface area contributed by atoms with E-state index in [0.717, 1.165) is 6.42 Å². The monoisotopic (exact) mass is 451 g/mol. The fraction of sp³-hybridized carbons (Fsp3) is 0.500. The molecule has 1 aliphatic heterocycles. The van der Waals surface area contributed by atoms with Crippen LogP contribution in [0, 0.1) is 5.82 Å². The van der Waals surface area contributed by atoms with E-state index in [-0.39, 0.29) is 29.4 Å². The Labute approximate surface area is 178 Å². The number of nitrogens with two attached hydrogens (primary N) is 1. The van der Waals surface area contributed by atoms with Crippen LogP contribution in [0.1, 0.15) is 42.5 Å². The Hall–Kier alpha value is -2.53. The van der Waals surface area contributed by atoms with Gasteiger partial charge < -0.3 is 10.1 Å². The highest BCUT2D eigenvalue weighted by Crippen LogP contribution is 2.42. The minimum Gasteiger partial charge on any atom is -0.469 e. The molecule has 0 saturated heterocycles. The fourth-order valence-corrected chi connectivity index (χ4v) is 5.73. The van der Waals surface area contributed by atoms with Crippen LogP contribution in [-0.4, -0.2) is 31.8 Å². The molecular formula is C20H23F2N5O3S. The number of halogens is 2. The summed E-state index contributed by atoms with van der Waals surface area (Å²) in [6.45, 7) is 4.14. The molecule has 11 heteroatoms. The van der Waals surface area contributed by atoms with Gasteiger partial charge in [0.15, 0.2) is 9.92 Å². The van der Waals surface area contributed by atoms with Gasteiger partial charge in [0.2, 0.25) is 5.88 Å². The molecule has 2 amide bonds. The molecule has 2 aliphatic carbocycles. The van der Waals surface area contributed by atoms with Crippen molar-refractivity contribution in [3.8, 4) is 5.88 Å². The average Bonchev–Trinajstić information content (AvgIpc) is 3.40. The number of aromatic nitrogens is 2. The van der Waals surface area contributed by atoms with Crippen LogP contribution in [0.25, 0.3) is 0 Å². The number of carbonyl (C=O) groups excluding carboxylic acids is 1. The second-order valence-electron chi connectivity index (χ2n) is 8.89. The maximum atomic E-state index is 14.8. The van der Waals surface area contributed by atoms with Crippen molar-refractivity contribution in [1.82, 2.24) is 9.78 Å². The first-order valence-corrected chi connectivity index (χ1v) is 11.7. The molecule has 0 fully saturated rings. The lowest BCUT2D eigenvalue weighted by atomic mass is 9.98. The molecule has 2 atom stereocenters. The highest BCUT2D eigenvalue weighted by Gasteiger charge is 2.36. The number of rotatable bonds is 2. The molecule has 3 aliphatic rings. The van der Waals surface area contributed by atoms with Gasteiger partial charge in [0.05, 0.1) is 12.7 Å². The van der Waals surface area contributed by atoms with Crippen molar-refractivity contribution >= 4 is 21.6 Å². The van der Waals surface area contributed by atoms with Gasteiger partial charge in [0.1, 0.15) is 22.5 Å². The quantitative estimate of drug-likeness (QED) is 0.731. The van der Waals surface area contributed by atoms with E-state index >= 15 is 0 Å². The van der Waals surface area contributed by atoms with Crippen molar-refractivity contribution in [1.29, 1.82) is 0 Å². The molecule has 1 aromatic carbocycles. The molecule has 3 N–H and O–H groups in total. The summed E-state index contributed by atoms with van der Waals surface area (Å²) in [4.78, 5) is 12.8. The van der Waals surface area contributed by atoms with Crippen LogP contribution in [0.3, 0.4) is 0 Å². The fourth-order valence-electron chi connectivity index (χ4n) is 4.74. The third-order valence-corrected chi connectivity index (χ3v) is 7.34. The van der Waals surface area contributed by atoms with E-state index in [9.17, 15) is 17.8 Å². The number of amides is 2. The Morgan fingerprint density at radius 1 is 1.32 bits per heavy atom. The molecule has 1 aromatic heterocycles. The van der Waals surface area contributed by atoms with Gasteiger partial charge in [-0.15, -0.1) is 4.36 Å². The Morgan fingerprint density at radius 3 is 2.81 bits per heavy atom. The summed E-state index contributed by atoms with van der Waals surface area (Å²) in [6, 6.07) is -0.935. The molecule has 0 bridgehead atoms. The third kappa shape index (κ3) is 3.30. The van der Waals surface area contributed by atoms with Gasteiger partial charge in [-0.05, 0) is 55.4 Å². The molecule has 0 radical (unpaired) electrons. The second kappa shape index (κ2) is 6.73. The lowest BCUT2D eigenvalue weighted by Crippen LogP contribution is -2.27. The Balaban J connectivity index is 1.50. The predicted octanol–water partition coefficient (Wildman–Crippen LogP) is 3.05. The summed E-state index contributed by atoms with van der Waals surface area (Å²) < 4.78 is 53.0. The molecule has 2 heterocycles. The van der Waals surface area contributed by atoms with Gasteiger partial charge in [-0.1, -0.05) is 0 Å². The maximum absolute atomic E-state index is 14.8. The number of urea groups is 1. The number of carbonyl (C=O) groups is 1. The number of benzene rings is 1. The minimum absolute atomic E-state index is 0.0161. The van der Waals surface area contributed by atoms with Crippen LogP contribution in [0.5, 0.6) is 5.88 Å². The van der Waals surface area contributed by atoms with E-state index in [0.29, 0.717) is 47.3 Å². The molecule has 0 spiro atoms. The Kier molecular flexibility index (Phi) is 4.43. The van der Waals surface area contributed by atoms with E-state index in [4.69, 9.17) is 9.88 Å². The zero-order chi connectivity index (χ0) is 22.1. The van der Waals surface area contributed by atoms with Gasteiger partial charge in [-0.25, -0.2) is 27.6 Å². The molecule has 8 nitrogen and oxygen atoms in total. The van der Waals surface area contributed by atoms with Crippen LogP contribution in [0.4, 0.5) is 19.3 Å². The van der Waals surface area contributed by atoms with E-state index in [1.54, 1.807) is 0 Å². The second-order valence-corrected chi connectivity index (χ2v) is 10.6. The van der Waals surface area contributed by atoms with E-state index < -0.39 is 27.7 Å². The maximum Gasteiger partial charge on any atom is 0.354 e. The minimum atomic E-state index is -3.65. The number of nitrogens with zero attached hydrogens (tertiary/aromatic N) is 3. The topological polar surface area (TPSA) is 112 Å². The number of hydrogen-bond acceptors (Lipinski definition) is 4. The normalized spacial score (nSPS) is 22.3. The van der Waals surface area contributed by atoms with Gasteiger partial charge in [0.25, 0.3) is 0 Å². The Bertz CT molecular complexity index is 1250. The van der Waals surface area contributed by atoms with Crippen molar-refractivity contribution in [3.05, 3.63) is 34.3 Å². The molecule has 0 saturated carbocycles. The molecular weight excluding hydrogens is 428 g/mol. The van der Waals surface area contributed by atoms with Gasteiger partial charge in [-0.3, -0.25) is 0 Å². The first-order chi connectivity index (χ1) is 14.6. The molecule has 166 valence electrons. The number of fused-ring (bicyclic) bond motifs is 3. The van der Waals surface area contributed by atoms with Gasteiger partial charge in [0, 0.05) is 18.5 Å². The van der Waals surface area contributed by atoms with Crippen LogP contribution in [0.2, 0.25) is 0 Å². The van der Waals surface area contributed by atoms with Crippen molar-refractivity contribution in [2.75, 3.05) is 5.32 Å². The summed E-state index contributed by atoms with van der Waals surface area (Å²) in [5.74, 6) is -0.145. The molecule has 2 aromatic rings. The lowest BCUT2D eigenvalue weighted by molar-refractivity contribution is 0.132. The first-order valence-electron chi connectivity index (χ1n) is 10.2. The number of nitrogens with one attached hydrogen (secondary N) is 1. The molecule has 31 heavy (non-hydrogen) atoms.